The number of nitrogens with one attached hydrogen (secondary N) is 2. The summed E-state index contributed by atoms with van der Waals surface area (Å²) in [5, 5.41) is 13.8. The lowest BCUT2D eigenvalue weighted by Crippen LogP contribution is -2.37. The largest absolute Gasteiger partial charge is 0.460 e. The van der Waals surface area contributed by atoms with Crippen LogP contribution >= 0.6 is 0 Å². The van der Waals surface area contributed by atoms with Crippen molar-refractivity contribution in [2.45, 2.75) is 62.5 Å². The molecule has 0 spiro atoms. The van der Waals surface area contributed by atoms with Gasteiger partial charge in [0.05, 0.1) is 15.7 Å². The van der Waals surface area contributed by atoms with Crippen molar-refractivity contribution < 1.29 is 31.3 Å². The van der Waals surface area contributed by atoms with Crippen LogP contribution in [0.2, 0.25) is 0 Å². The highest BCUT2D eigenvalue weighted by Crippen LogP contribution is 2.25. The standard InChI is InChI=1S/C42H45N5O8S2/c1-29-24-30(2)40(31(3)25-29)57(53,54)46-42(43)44-23-11-16-37(45-56(51,52)39-18-10-9-17-38(39)47(49)50)22-21-36(41(48)55-28-32-12-5-4-6-13-32)27-33-19-20-34-14-7-8-15-35(34)26-33/h4-10,12-15,17-22,24-26,36-37,45H,11,16,23,27-28H2,1-3H3,(H3,43,44,46)/b22-21+/t36-,37-/m0/s1. The van der Waals surface area contributed by atoms with Crippen LogP contribution in [0.25, 0.3) is 10.8 Å². The summed E-state index contributed by atoms with van der Waals surface area (Å²) in [5.74, 6) is -1.73. The minimum absolute atomic E-state index is 0.00258. The molecule has 15 heteroatoms. The molecular formula is C42H45N5O8S2. The van der Waals surface area contributed by atoms with E-state index in [9.17, 15) is 31.7 Å². The lowest BCUT2D eigenvalue weighted by atomic mass is 9.96. The number of hydrogen-bond donors (Lipinski definition) is 3. The molecule has 0 amide bonds. The van der Waals surface area contributed by atoms with E-state index in [1.165, 1.54) is 18.2 Å². The number of nitrogens with zero attached hydrogens (tertiary/aromatic N) is 2. The number of nitro benzene ring substituents is 1. The number of guanidine groups is 1. The third-order valence-corrected chi connectivity index (χ3v) is 12.3. The summed E-state index contributed by atoms with van der Waals surface area (Å²) in [6.07, 6.45) is 3.64. The van der Waals surface area contributed by atoms with Gasteiger partial charge >= 0.3 is 5.97 Å². The molecule has 5 aromatic carbocycles. The average Bonchev–Trinajstić information content (AvgIpc) is 3.16. The first-order chi connectivity index (χ1) is 27.1. The van der Waals surface area contributed by atoms with Crippen molar-refractivity contribution in [1.82, 2.24) is 9.44 Å². The second kappa shape index (κ2) is 18.8. The first-order valence-electron chi connectivity index (χ1n) is 18.2. The Bertz CT molecular complexity index is 2500. The van der Waals surface area contributed by atoms with Crippen LogP contribution in [-0.2, 0) is 42.6 Å². The average molecular weight is 812 g/mol. The Labute approximate surface area is 332 Å². The van der Waals surface area contributed by atoms with Gasteiger partial charge in [-0.15, -0.1) is 0 Å². The Morgan fingerprint density at radius 2 is 1.47 bits per heavy atom. The van der Waals surface area contributed by atoms with Gasteiger partial charge < -0.3 is 10.5 Å². The summed E-state index contributed by atoms with van der Waals surface area (Å²) in [7, 11) is -8.51. The van der Waals surface area contributed by atoms with Gasteiger partial charge in [0.15, 0.2) is 4.90 Å². The predicted octanol–water partition coefficient (Wildman–Crippen LogP) is 6.55. The number of rotatable bonds is 17. The van der Waals surface area contributed by atoms with Gasteiger partial charge in [0, 0.05) is 18.7 Å². The van der Waals surface area contributed by atoms with E-state index in [4.69, 9.17) is 10.5 Å². The molecule has 0 heterocycles. The second-order valence-electron chi connectivity index (χ2n) is 13.7. The first-order valence-corrected chi connectivity index (χ1v) is 21.1. The zero-order valence-corrected chi connectivity index (χ0v) is 33.4. The number of sulfonamides is 2. The van der Waals surface area contributed by atoms with E-state index in [0.717, 1.165) is 39.6 Å². The van der Waals surface area contributed by atoms with Gasteiger partial charge in [-0.3, -0.25) is 19.9 Å². The highest BCUT2D eigenvalue weighted by Gasteiger charge is 2.28. The summed E-state index contributed by atoms with van der Waals surface area (Å²) < 4.78 is 64.3. The zero-order chi connectivity index (χ0) is 41.2. The maximum Gasteiger partial charge on any atom is 0.313 e. The molecule has 0 aromatic heterocycles. The maximum absolute atomic E-state index is 13.7. The number of aliphatic imine (C=N–C) groups is 1. The molecule has 2 atom stereocenters. The van der Waals surface area contributed by atoms with Gasteiger partial charge in [-0.1, -0.05) is 115 Å². The number of hydrogen-bond acceptors (Lipinski definition) is 9. The molecule has 0 radical (unpaired) electrons. The van der Waals surface area contributed by atoms with E-state index in [-0.39, 0.29) is 43.3 Å². The lowest BCUT2D eigenvalue weighted by Gasteiger charge is -2.18. The molecule has 0 aliphatic heterocycles. The Balaban J connectivity index is 1.39. The normalized spacial score (nSPS) is 13.4. The zero-order valence-electron chi connectivity index (χ0n) is 31.8. The van der Waals surface area contributed by atoms with E-state index in [1.807, 2.05) is 79.7 Å². The van der Waals surface area contributed by atoms with Gasteiger partial charge in [0.1, 0.15) is 6.61 Å². The number of aryl methyl sites for hydroxylation is 3. The van der Waals surface area contributed by atoms with Crippen LogP contribution in [0.15, 0.2) is 136 Å². The molecule has 0 aliphatic rings. The summed E-state index contributed by atoms with van der Waals surface area (Å²) >= 11 is 0. The van der Waals surface area contributed by atoms with Crippen LogP contribution in [0.3, 0.4) is 0 Å². The number of benzene rings is 5. The van der Waals surface area contributed by atoms with E-state index < -0.39 is 53.5 Å². The number of nitrogens with two attached hydrogens (primary N) is 1. The number of ether oxygens (including phenoxy) is 1. The summed E-state index contributed by atoms with van der Waals surface area (Å²) in [5.41, 5.74) is 9.05. The van der Waals surface area contributed by atoms with Gasteiger partial charge in [-0.25, -0.2) is 26.3 Å². The highest BCUT2D eigenvalue weighted by atomic mass is 32.2. The van der Waals surface area contributed by atoms with Gasteiger partial charge in [-0.05, 0) is 79.1 Å². The summed E-state index contributed by atoms with van der Waals surface area (Å²) in [6.45, 7) is 5.27. The quantitative estimate of drug-likeness (QED) is 0.0177. The molecule has 5 rings (SSSR count). The third kappa shape index (κ3) is 11.6. The predicted molar refractivity (Wildman–Crippen MR) is 220 cm³/mol. The topological polar surface area (TPSA) is 200 Å². The highest BCUT2D eigenvalue weighted by molar-refractivity contribution is 7.90. The number of esters is 1. The molecule has 57 heavy (non-hydrogen) atoms. The van der Waals surface area contributed by atoms with Crippen LogP contribution in [0, 0.1) is 36.8 Å². The van der Waals surface area contributed by atoms with Crippen LogP contribution in [-0.4, -0.2) is 46.3 Å². The van der Waals surface area contributed by atoms with Gasteiger partial charge in [0.25, 0.3) is 15.7 Å². The van der Waals surface area contributed by atoms with Crippen molar-refractivity contribution in [3.8, 4) is 0 Å². The van der Waals surface area contributed by atoms with Crippen molar-refractivity contribution in [2.24, 2.45) is 16.6 Å². The second-order valence-corrected chi connectivity index (χ2v) is 17.0. The molecule has 5 aromatic rings. The minimum atomic E-state index is -4.46. The fourth-order valence-corrected chi connectivity index (χ4v) is 9.37. The SMILES string of the molecule is Cc1cc(C)c(S(=O)(=O)NC(N)=NCCC[C@@H](/C=C/[C@@H](Cc2ccc3ccccc3c2)C(=O)OCc2ccccc2)NS(=O)(=O)c2ccccc2[N+](=O)[O-])c(C)c1. The Morgan fingerprint density at radius 3 is 2.18 bits per heavy atom. The molecule has 13 nitrogen and oxygen atoms in total. The molecule has 0 bridgehead atoms. The minimum Gasteiger partial charge on any atom is -0.460 e. The van der Waals surface area contributed by atoms with Crippen molar-refractivity contribution in [3.63, 3.8) is 0 Å². The first kappa shape index (κ1) is 42.2. The van der Waals surface area contributed by atoms with Crippen LogP contribution in [0.5, 0.6) is 0 Å². The summed E-state index contributed by atoms with van der Waals surface area (Å²) in [4.78, 5) is 28.4. The molecule has 4 N–H and O–H groups in total. The van der Waals surface area contributed by atoms with E-state index >= 15 is 0 Å². The lowest BCUT2D eigenvalue weighted by molar-refractivity contribution is -0.387. The monoisotopic (exact) mass is 811 g/mol. The van der Waals surface area contributed by atoms with Crippen molar-refractivity contribution in [1.29, 1.82) is 0 Å². The summed E-state index contributed by atoms with van der Waals surface area (Å²) in [6, 6.07) is 30.4. The van der Waals surface area contributed by atoms with E-state index in [2.05, 4.69) is 14.4 Å². The third-order valence-electron chi connectivity index (χ3n) is 9.10. The van der Waals surface area contributed by atoms with Crippen LogP contribution < -0.4 is 15.2 Å². The molecule has 0 saturated heterocycles. The molecular weight excluding hydrogens is 767 g/mol. The Morgan fingerprint density at radius 1 is 0.825 bits per heavy atom. The van der Waals surface area contributed by atoms with Crippen LogP contribution in [0.1, 0.15) is 40.7 Å². The van der Waals surface area contributed by atoms with Gasteiger partial charge in [-0.2, -0.15) is 0 Å². The number of nitro groups is 1. The molecule has 0 unspecified atom stereocenters. The number of carbonyl (C=O) groups is 1. The van der Waals surface area contributed by atoms with E-state index in [0.29, 0.717) is 11.1 Å². The fourth-order valence-electron chi connectivity index (χ4n) is 6.57. The Kier molecular flexibility index (Phi) is 14.0. The molecule has 0 aliphatic carbocycles. The fraction of sp³-hybridized carbons (Fsp3) is 0.238. The number of carbonyl (C=O) groups excluding carboxylic acids is 1. The molecule has 0 fully saturated rings. The number of para-hydroxylation sites is 1. The van der Waals surface area contributed by atoms with Crippen molar-refractivity contribution in [2.75, 3.05) is 6.54 Å². The van der Waals surface area contributed by atoms with Crippen LogP contribution in [0.4, 0.5) is 5.69 Å². The van der Waals surface area contributed by atoms with Crippen molar-refractivity contribution in [3.05, 3.63) is 159 Å². The van der Waals surface area contributed by atoms with Crippen molar-refractivity contribution >= 4 is 48.4 Å². The maximum atomic E-state index is 13.7. The Hall–Kier alpha value is -5.90. The van der Waals surface area contributed by atoms with E-state index in [1.54, 1.807) is 32.1 Å². The smallest absolute Gasteiger partial charge is 0.313 e. The van der Waals surface area contributed by atoms with Gasteiger partial charge in [0.2, 0.25) is 16.0 Å². The molecule has 298 valence electrons. The number of fused-ring (bicyclic) bond motifs is 1. The molecule has 0 saturated carbocycles.